The van der Waals surface area contributed by atoms with E-state index in [9.17, 15) is 1.37 Å². The molecule has 10 aromatic rings. The first-order valence-electron chi connectivity index (χ1n) is 33.4. The van der Waals surface area contributed by atoms with E-state index in [-0.39, 0.29) is 5.41 Å². The summed E-state index contributed by atoms with van der Waals surface area (Å²) in [6.07, 6.45) is 14.5. The van der Waals surface area contributed by atoms with Gasteiger partial charge in [-0.05, 0) is 217 Å². The number of fused-ring (bicyclic) bond motifs is 5. The monoisotopic (exact) mass is 1180 g/mol. The quantitative estimate of drug-likeness (QED) is 0.135. The Morgan fingerprint density at radius 1 is 0.404 bits per heavy atom. The predicted octanol–water partition coefficient (Wildman–Crippen LogP) is 18.2. The van der Waals surface area contributed by atoms with Gasteiger partial charge in [0.15, 0.2) is 31.0 Å². The molecule has 12 rings (SSSR count). The molecule has 0 spiro atoms. The summed E-state index contributed by atoms with van der Waals surface area (Å²) >= 11 is 0. The second kappa shape index (κ2) is 29.0. The first-order valence-corrected chi connectivity index (χ1v) is 32.4. The smallest absolute Gasteiger partial charge is 0.201 e. The van der Waals surface area contributed by atoms with Gasteiger partial charge in [0.1, 0.15) is 35.2 Å². The third-order valence-electron chi connectivity index (χ3n) is 18.4. The average molecular weight is 1190 g/mol. The summed E-state index contributed by atoms with van der Waals surface area (Å²) in [6.45, 7) is 34.6. The molecule has 2 aliphatic carbocycles. The van der Waals surface area contributed by atoms with Crippen LogP contribution in [0, 0.1) is 74.7 Å². The van der Waals surface area contributed by atoms with Gasteiger partial charge in [0, 0.05) is 88.7 Å². The Bertz CT molecular complexity index is 4120. The summed E-state index contributed by atoms with van der Waals surface area (Å²) in [5.41, 5.74) is 31.7. The van der Waals surface area contributed by atoms with Crippen LogP contribution < -0.4 is 22.8 Å². The largest absolute Gasteiger partial charge is 0.216 e. The second-order valence-corrected chi connectivity index (χ2v) is 26.3. The lowest BCUT2D eigenvalue weighted by molar-refractivity contribution is -0.661. The number of nitrogens with zero attached hydrogens (tertiary/aromatic N) is 5. The summed E-state index contributed by atoms with van der Waals surface area (Å²) in [5.74, 6) is -0.735. The van der Waals surface area contributed by atoms with Crippen molar-refractivity contribution in [2.24, 2.45) is 40.7 Å². The highest BCUT2D eigenvalue weighted by atomic mass is 14.9. The Morgan fingerprint density at radius 2 is 0.809 bits per heavy atom. The molecule has 1 saturated carbocycles. The lowest BCUT2D eigenvalue weighted by Crippen LogP contribution is -2.33. The number of hydrogen-bond donors (Lipinski definition) is 0. The maximum Gasteiger partial charge on any atom is 0.216 e. The van der Waals surface area contributed by atoms with Gasteiger partial charge < -0.3 is 0 Å². The molecule has 2 aliphatic rings. The Hall–Kier alpha value is -8.15. The van der Waals surface area contributed by atoms with Crippen LogP contribution in [0.15, 0.2) is 183 Å². The van der Waals surface area contributed by atoms with Crippen molar-refractivity contribution < 1.29 is 25.6 Å². The Kier molecular flexibility index (Phi) is 20.8. The minimum atomic E-state index is -0.680. The van der Waals surface area contributed by atoms with Crippen molar-refractivity contribution in [2.45, 2.75) is 154 Å². The van der Waals surface area contributed by atoms with E-state index in [2.05, 4.69) is 351 Å². The Labute approximate surface area is 539 Å². The molecule has 89 heavy (non-hydrogen) atoms. The maximum absolute atomic E-state index is 9.30. The summed E-state index contributed by atoms with van der Waals surface area (Å²) in [6, 6.07) is 54.8. The maximum atomic E-state index is 9.30. The van der Waals surface area contributed by atoms with Gasteiger partial charge >= 0.3 is 0 Å². The first kappa shape index (κ1) is 63.9. The molecule has 2 bridgehead atoms. The van der Waals surface area contributed by atoms with Crippen LogP contribution in [0.1, 0.15) is 158 Å². The van der Waals surface area contributed by atoms with E-state index in [0.717, 1.165) is 42.5 Å². The first-order chi connectivity index (χ1) is 43.0. The highest BCUT2D eigenvalue weighted by Crippen LogP contribution is 2.65. The molecular formula is C84H104N5+5. The van der Waals surface area contributed by atoms with Crippen LogP contribution in [0.2, 0.25) is 0 Å². The van der Waals surface area contributed by atoms with E-state index in [0.29, 0.717) is 5.92 Å². The molecule has 0 amide bonds. The van der Waals surface area contributed by atoms with Gasteiger partial charge in [0.2, 0.25) is 28.5 Å². The Morgan fingerprint density at radius 3 is 1.24 bits per heavy atom. The van der Waals surface area contributed by atoms with Gasteiger partial charge in [-0.2, -0.15) is 0 Å². The van der Waals surface area contributed by atoms with E-state index in [1.807, 2.05) is 0 Å². The van der Waals surface area contributed by atoms with E-state index in [1.54, 1.807) is 0 Å². The summed E-state index contributed by atoms with van der Waals surface area (Å²) in [7, 11) is 10.5. The number of pyridine rings is 5. The molecule has 2 atom stereocenters. The van der Waals surface area contributed by atoms with E-state index in [4.69, 9.17) is 1.37 Å². The number of hydrogen-bond acceptors (Lipinski definition) is 0. The van der Waals surface area contributed by atoms with Crippen LogP contribution in [0.4, 0.5) is 0 Å². The van der Waals surface area contributed by atoms with Crippen molar-refractivity contribution in [3.05, 3.63) is 266 Å². The minimum absolute atomic E-state index is 0.367. The fraction of sp³-hybridized carbons (Fsp3) is 0.345. The van der Waals surface area contributed by atoms with Crippen molar-refractivity contribution in [1.82, 2.24) is 0 Å². The van der Waals surface area contributed by atoms with Crippen molar-refractivity contribution in [3.8, 4) is 56.3 Å². The van der Waals surface area contributed by atoms with E-state index < -0.39 is 11.8 Å². The molecule has 0 aliphatic heterocycles. The van der Waals surface area contributed by atoms with Crippen molar-refractivity contribution in [1.29, 1.82) is 0 Å². The molecule has 5 heterocycles. The summed E-state index contributed by atoms with van der Waals surface area (Å²) < 4.78 is 29.4. The number of rotatable bonds is 8. The average Bonchev–Trinajstić information content (AvgIpc) is 1.50. The Balaban J connectivity index is 0.000000148. The zero-order valence-corrected chi connectivity index (χ0v) is 58.0. The normalized spacial score (nSPS) is 16.1. The molecule has 0 radical (unpaired) electrons. The fourth-order valence-corrected chi connectivity index (χ4v) is 13.3. The fourth-order valence-electron chi connectivity index (χ4n) is 13.3. The number of aryl methyl sites for hydroxylation is 17. The van der Waals surface area contributed by atoms with Gasteiger partial charge in [-0.1, -0.05) is 119 Å². The number of aromatic nitrogens is 5. The van der Waals surface area contributed by atoms with Gasteiger partial charge in [-0.25, -0.2) is 22.8 Å². The van der Waals surface area contributed by atoms with Crippen LogP contribution in [0.25, 0.3) is 56.3 Å². The lowest BCUT2D eigenvalue weighted by Gasteiger charge is -2.24. The third kappa shape index (κ3) is 15.5. The standard InChI is InChI=1S/C20H24N.C17H22N.2C16H20N.C15H18N/c1-13-7-5-6-8-14(13)19-18-15(11-12-21(19)4)16-9-10-17(18)20(16,2)3;1-12(2)15-7-8-16(14(4)10-15)17-9-6-13(3)11-18(17)5;1-5-14-7-8-15(13(3)10-14)16-9-6-12(2)11-17(16)4;1-5-14-7-9-16(17(4)11-14)15-8-6-12(2)10-13(15)3;1-11-5-7-14(13(3)9-11)15-8-6-12(2)10-16(15)4/h5-8,11-12,16-17H,9-10H2,1-4H3;6-12H,1-5H3;2*6-11H,5H2,1-4H3;5-10H,1-4H3/q5*+1/i16D,17D;;;;. The van der Waals surface area contributed by atoms with Crippen molar-refractivity contribution >= 4 is 0 Å². The SMILES string of the molecule is CCc1ccc(-c2ccc(C)c[n+]2C)c(C)c1.CCc1ccc(-c2ccc(C)cc2C)[n+](C)c1.Cc1ccc(-c2ccc(C(C)C)cc2C)[n+](C)c1.Cc1ccc(-c2ccc(C)c[n+]2C)c(C)c1.[2H]C12CCC([2H])(c3c1cc[n+](C)c3-c1ccccc1C)C2(C)C. The summed E-state index contributed by atoms with van der Waals surface area (Å²) in [5, 5.41) is 0. The van der Waals surface area contributed by atoms with Gasteiger partial charge in [0.25, 0.3) is 0 Å². The predicted molar refractivity (Wildman–Crippen MR) is 374 cm³/mol. The molecule has 460 valence electrons. The minimum Gasteiger partial charge on any atom is -0.201 e. The van der Waals surface area contributed by atoms with Crippen LogP contribution >= 0.6 is 0 Å². The third-order valence-corrected chi connectivity index (χ3v) is 18.4. The molecular weight excluding hydrogens is 1080 g/mol. The molecule has 5 nitrogen and oxygen atoms in total. The topological polar surface area (TPSA) is 19.4 Å². The molecule has 0 saturated heterocycles. The van der Waals surface area contributed by atoms with Crippen LogP contribution in [0.5, 0.6) is 0 Å². The molecule has 0 N–H and O–H groups in total. The zero-order chi connectivity index (χ0) is 66.4. The molecule has 5 heteroatoms. The summed E-state index contributed by atoms with van der Waals surface area (Å²) in [4.78, 5) is 0. The molecule has 1 fully saturated rings. The van der Waals surface area contributed by atoms with Crippen molar-refractivity contribution in [3.63, 3.8) is 0 Å². The molecule has 2 unspecified atom stereocenters. The molecule has 5 aromatic carbocycles. The van der Waals surface area contributed by atoms with Crippen LogP contribution in [-0.4, -0.2) is 0 Å². The van der Waals surface area contributed by atoms with Gasteiger partial charge in [-0.15, -0.1) is 0 Å². The lowest BCUT2D eigenvalue weighted by atomic mass is 9.79. The number of benzene rings is 5. The van der Waals surface area contributed by atoms with Crippen LogP contribution in [-0.2, 0) is 48.1 Å². The highest BCUT2D eigenvalue weighted by Gasteiger charge is 2.54. The zero-order valence-electron chi connectivity index (χ0n) is 60.0. The second-order valence-electron chi connectivity index (χ2n) is 26.3. The molecule has 5 aromatic heterocycles. The van der Waals surface area contributed by atoms with Gasteiger partial charge in [-0.3, -0.25) is 0 Å². The van der Waals surface area contributed by atoms with Crippen molar-refractivity contribution in [2.75, 3.05) is 0 Å². The van der Waals surface area contributed by atoms with Crippen LogP contribution in [0.3, 0.4) is 0 Å². The van der Waals surface area contributed by atoms with E-state index >= 15 is 0 Å². The van der Waals surface area contributed by atoms with Gasteiger partial charge in [0.05, 0.1) is 0 Å². The van der Waals surface area contributed by atoms with E-state index in [1.165, 1.54) is 123 Å². The highest BCUT2D eigenvalue weighted by molar-refractivity contribution is 5.69.